The summed E-state index contributed by atoms with van der Waals surface area (Å²) in [6.07, 6.45) is 0.756. The highest BCUT2D eigenvalue weighted by molar-refractivity contribution is 7.13. The molecule has 7 heteroatoms. The van der Waals surface area contributed by atoms with Crippen LogP contribution in [0.5, 0.6) is 0 Å². The number of anilines is 1. The molecule has 0 atom stereocenters. The minimum atomic E-state index is -0.283. The fourth-order valence-electron chi connectivity index (χ4n) is 2.75. The van der Waals surface area contributed by atoms with Crippen molar-refractivity contribution < 1.29 is 14.3 Å². The summed E-state index contributed by atoms with van der Waals surface area (Å²) in [6, 6.07) is 12.9. The predicted molar refractivity (Wildman–Crippen MR) is 112 cm³/mol. The van der Waals surface area contributed by atoms with Gasteiger partial charge in [0.05, 0.1) is 4.70 Å². The Labute approximate surface area is 168 Å². The van der Waals surface area contributed by atoms with E-state index in [1.54, 1.807) is 12.1 Å². The van der Waals surface area contributed by atoms with Gasteiger partial charge < -0.3 is 15.4 Å². The Morgan fingerprint density at radius 3 is 2.79 bits per heavy atom. The third-order valence-electron chi connectivity index (χ3n) is 4.30. The lowest BCUT2D eigenvalue weighted by molar-refractivity contribution is 0.0943. The number of nitrogens with zero attached hydrogens (tertiary/aromatic N) is 1. The minimum Gasteiger partial charge on any atom is -0.382 e. The molecule has 0 aliphatic rings. The number of carbonyl (C=O) groups is 2. The number of nitrogens with one attached hydrogen (secondary N) is 2. The quantitative estimate of drug-likeness (QED) is 0.563. The van der Waals surface area contributed by atoms with Gasteiger partial charge in [-0.25, -0.2) is 0 Å². The van der Waals surface area contributed by atoms with Crippen LogP contribution < -0.4 is 10.6 Å². The number of carbonyl (C=O) groups excluding carboxylic acids is 2. The fourth-order valence-corrected chi connectivity index (χ4v) is 3.52. The van der Waals surface area contributed by atoms with Gasteiger partial charge in [-0.3, -0.25) is 9.59 Å². The van der Waals surface area contributed by atoms with E-state index in [4.69, 9.17) is 4.74 Å². The van der Waals surface area contributed by atoms with E-state index in [0.717, 1.165) is 22.1 Å². The van der Waals surface area contributed by atoms with Crippen molar-refractivity contribution in [1.29, 1.82) is 0 Å². The van der Waals surface area contributed by atoms with E-state index in [2.05, 4.69) is 15.0 Å². The normalized spacial score (nSPS) is 10.8. The topological polar surface area (TPSA) is 80.3 Å². The Hall–Kier alpha value is -2.77. The van der Waals surface area contributed by atoms with Crippen molar-refractivity contribution in [2.24, 2.45) is 0 Å². The molecule has 0 spiro atoms. The summed E-state index contributed by atoms with van der Waals surface area (Å²) in [4.78, 5) is 25.1. The van der Waals surface area contributed by atoms with Crippen LogP contribution >= 0.6 is 11.5 Å². The maximum absolute atomic E-state index is 12.7. The lowest BCUT2D eigenvalue weighted by Crippen LogP contribution is -2.25. The molecule has 28 heavy (non-hydrogen) atoms. The molecule has 2 aromatic carbocycles. The van der Waals surface area contributed by atoms with Gasteiger partial charge in [-0.15, -0.1) is 0 Å². The standard InChI is InChI=1S/C21H23N3O3S/c1-3-27-12-6-11-22-20(25)15-10-9-14(2)17(13-15)23-21(26)19-16-7-4-5-8-18(16)28-24-19/h4-5,7-10,13H,3,6,11-12H2,1-2H3,(H,22,25)(H,23,26). The SMILES string of the molecule is CCOCCCNC(=O)c1ccc(C)c(NC(=O)c2nsc3ccccc23)c1. The number of benzene rings is 2. The first-order chi connectivity index (χ1) is 13.6. The van der Waals surface area contributed by atoms with Gasteiger partial charge in [-0.1, -0.05) is 24.3 Å². The van der Waals surface area contributed by atoms with Crippen LogP contribution in [-0.2, 0) is 4.74 Å². The lowest BCUT2D eigenvalue weighted by atomic mass is 10.1. The number of aromatic nitrogens is 1. The summed E-state index contributed by atoms with van der Waals surface area (Å²) < 4.78 is 10.5. The second kappa shape index (κ2) is 9.43. The molecule has 1 heterocycles. The van der Waals surface area contributed by atoms with Gasteiger partial charge in [0.25, 0.3) is 11.8 Å². The third-order valence-corrected chi connectivity index (χ3v) is 5.12. The van der Waals surface area contributed by atoms with Crippen LogP contribution in [0, 0.1) is 6.92 Å². The average molecular weight is 398 g/mol. The molecule has 0 saturated carbocycles. The number of aryl methyl sites for hydroxylation is 1. The van der Waals surface area contributed by atoms with Crippen molar-refractivity contribution in [3.63, 3.8) is 0 Å². The highest BCUT2D eigenvalue weighted by Crippen LogP contribution is 2.24. The van der Waals surface area contributed by atoms with Crippen molar-refractivity contribution in [3.05, 3.63) is 59.3 Å². The summed E-state index contributed by atoms with van der Waals surface area (Å²) in [5, 5.41) is 6.58. The monoisotopic (exact) mass is 397 g/mol. The Balaban J connectivity index is 1.69. The van der Waals surface area contributed by atoms with Crippen molar-refractivity contribution in [1.82, 2.24) is 9.69 Å². The van der Waals surface area contributed by atoms with Crippen molar-refractivity contribution in [2.45, 2.75) is 20.3 Å². The third kappa shape index (κ3) is 4.74. The molecule has 146 valence electrons. The molecule has 2 N–H and O–H groups in total. The van der Waals surface area contributed by atoms with E-state index < -0.39 is 0 Å². The summed E-state index contributed by atoms with van der Waals surface area (Å²) in [6.45, 7) is 5.66. The molecule has 0 bridgehead atoms. The van der Waals surface area contributed by atoms with Gasteiger partial charge in [0.15, 0.2) is 0 Å². The van der Waals surface area contributed by atoms with E-state index in [9.17, 15) is 9.59 Å². The van der Waals surface area contributed by atoms with E-state index >= 15 is 0 Å². The molecule has 3 aromatic rings. The number of fused-ring (bicyclic) bond motifs is 1. The summed E-state index contributed by atoms with van der Waals surface area (Å²) >= 11 is 1.29. The highest BCUT2D eigenvalue weighted by atomic mass is 32.1. The van der Waals surface area contributed by atoms with Crippen LogP contribution in [0.1, 0.15) is 39.8 Å². The van der Waals surface area contributed by atoms with Gasteiger partial charge >= 0.3 is 0 Å². The van der Waals surface area contributed by atoms with Gasteiger partial charge in [-0.2, -0.15) is 4.37 Å². The van der Waals surface area contributed by atoms with Gasteiger partial charge in [0.1, 0.15) is 5.69 Å². The maximum atomic E-state index is 12.7. The number of hydrogen-bond acceptors (Lipinski definition) is 5. The Bertz CT molecular complexity index is 984. The molecular weight excluding hydrogens is 374 g/mol. The average Bonchev–Trinajstić information content (AvgIpc) is 3.13. The van der Waals surface area contributed by atoms with Gasteiger partial charge in [0, 0.05) is 36.4 Å². The maximum Gasteiger partial charge on any atom is 0.276 e. The zero-order valence-electron chi connectivity index (χ0n) is 16.0. The molecule has 0 aliphatic carbocycles. The lowest BCUT2D eigenvalue weighted by Gasteiger charge is -2.11. The molecule has 0 fully saturated rings. The summed E-state index contributed by atoms with van der Waals surface area (Å²) in [5.74, 6) is -0.457. The Morgan fingerprint density at radius 1 is 1.14 bits per heavy atom. The Kier molecular flexibility index (Phi) is 6.73. The fraction of sp³-hybridized carbons (Fsp3) is 0.286. The van der Waals surface area contributed by atoms with Crippen LogP contribution in [-0.4, -0.2) is 35.9 Å². The first-order valence-corrected chi connectivity index (χ1v) is 10.00. The summed E-state index contributed by atoms with van der Waals surface area (Å²) in [7, 11) is 0. The number of rotatable bonds is 8. The predicted octanol–water partition coefficient (Wildman–Crippen LogP) is 4.01. The molecule has 0 aliphatic heterocycles. The van der Waals surface area contributed by atoms with Crippen LogP contribution in [0.3, 0.4) is 0 Å². The highest BCUT2D eigenvalue weighted by Gasteiger charge is 2.16. The zero-order valence-corrected chi connectivity index (χ0v) is 16.8. The molecule has 0 unspecified atom stereocenters. The largest absolute Gasteiger partial charge is 0.382 e. The summed E-state index contributed by atoms with van der Waals surface area (Å²) in [5.41, 5.74) is 2.37. The molecular formula is C21H23N3O3S. The van der Waals surface area contributed by atoms with Crippen LogP contribution in [0.2, 0.25) is 0 Å². The zero-order chi connectivity index (χ0) is 19.9. The molecule has 2 amide bonds. The second-order valence-electron chi connectivity index (χ2n) is 6.32. The van der Waals surface area contributed by atoms with Crippen molar-refractivity contribution in [3.8, 4) is 0 Å². The first-order valence-electron chi connectivity index (χ1n) is 9.22. The minimum absolute atomic E-state index is 0.175. The van der Waals surface area contributed by atoms with Gasteiger partial charge in [0.2, 0.25) is 0 Å². The van der Waals surface area contributed by atoms with E-state index in [1.165, 1.54) is 11.5 Å². The number of ether oxygens (including phenoxy) is 1. The van der Waals surface area contributed by atoms with E-state index in [-0.39, 0.29) is 11.8 Å². The van der Waals surface area contributed by atoms with E-state index in [0.29, 0.717) is 36.7 Å². The van der Waals surface area contributed by atoms with Crippen molar-refractivity contribution in [2.75, 3.05) is 25.1 Å². The van der Waals surface area contributed by atoms with Crippen molar-refractivity contribution >= 4 is 39.1 Å². The molecule has 3 rings (SSSR count). The Morgan fingerprint density at radius 2 is 1.96 bits per heavy atom. The first kappa shape index (κ1) is 20.0. The van der Waals surface area contributed by atoms with Gasteiger partial charge in [-0.05, 0) is 55.6 Å². The van der Waals surface area contributed by atoms with Crippen LogP contribution in [0.25, 0.3) is 10.1 Å². The number of hydrogen-bond donors (Lipinski definition) is 2. The van der Waals surface area contributed by atoms with Crippen LogP contribution in [0.4, 0.5) is 5.69 Å². The molecule has 1 aromatic heterocycles. The number of amides is 2. The van der Waals surface area contributed by atoms with E-state index in [1.807, 2.05) is 44.2 Å². The molecule has 0 saturated heterocycles. The molecule has 6 nitrogen and oxygen atoms in total. The molecule has 0 radical (unpaired) electrons. The van der Waals surface area contributed by atoms with Crippen LogP contribution in [0.15, 0.2) is 42.5 Å². The smallest absolute Gasteiger partial charge is 0.276 e. The second-order valence-corrected chi connectivity index (χ2v) is 7.12.